The van der Waals surface area contributed by atoms with Crippen LogP contribution >= 0.6 is 0 Å². The number of carboxylic acid groups (broad SMARTS) is 1. The number of aromatic carboxylic acids is 1. The molecule has 7 nitrogen and oxygen atoms in total. The summed E-state index contributed by atoms with van der Waals surface area (Å²) in [6.07, 6.45) is 1.86. The molecular formula is C12H11N5O2. The molecule has 0 fully saturated rings. The van der Waals surface area contributed by atoms with Crippen molar-refractivity contribution >= 4 is 17.0 Å². The smallest absolute Gasteiger partial charge is 0.335 e. The van der Waals surface area contributed by atoms with E-state index in [0.717, 1.165) is 11.2 Å². The molecule has 0 spiro atoms. The van der Waals surface area contributed by atoms with E-state index in [0.29, 0.717) is 12.1 Å². The first kappa shape index (κ1) is 11.4. The lowest BCUT2D eigenvalue weighted by molar-refractivity contribution is 0.0697. The highest BCUT2D eigenvalue weighted by atomic mass is 16.4. The zero-order chi connectivity index (χ0) is 13.4. The van der Waals surface area contributed by atoms with Crippen molar-refractivity contribution in [3.8, 4) is 0 Å². The summed E-state index contributed by atoms with van der Waals surface area (Å²) in [4.78, 5) is 10.9. The highest BCUT2D eigenvalue weighted by Crippen LogP contribution is 2.14. The van der Waals surface area contributed by atoms with Crippen molar-refractivity contribution in [1.82, 2.24) is 24.8 Å². The van der Waals surface area contributed by atoms with Crippen LogP contribution in [0.5, 0.6) is 0 Å². The van der Waals surface area contributed by atoms with Crippen molar-refractivity contribution in [2.45, 2.75) is 6.54 Å². The van der Waals surface area contributed by atoms with Gasteiger partial charge >= 0.3 is 5.97 Å². The standard InChI is InChI=1S/C12H11N5O2/c1-16-5-4-9(14-16)7-17-11-3-2-8(12(18)19)6-10(11)13-15-17/h2-6H,7H2,1H3,(H,18,19). The van der Waals surface area contributed by atoms with Gasteiger partial charge < -0.3 is 5.11 Å². The van der Waals surface area contributed by atoms with Gasteiger partial charge in [-0.3, -0.25) is 4.68 Å². The number of aryl methyl sites for hydroxylation is 1. The molecular weight excluding hydrogens is 246 g/mol. The average molecular weight is 257 g/mol. The van der Waals surface area contributed by atoms with Crippen LogP contribution in [-0.4, -0.2) is 35.9 Å². The molecule has 0 saturated heterocycles. The summed E-state index contributed by atoms with van der Waals surface area (Å²) >= 11 is 0. The predicted molar refractivity (Wildman–Crippen MR) is 66.8 cm³/mol. The summed E-state index contributed by atoms with van der Waals surface area (Å²) in [5.41, 5.74) is 2.43. The Kier molecular flexibility index (Phi) is 2.52. The first-order chi connectivity index (χ1) is 9.13. The lowest BCUT2D eigenvalue weighted by Crippen LogP contribution is -2.03. The SMILES string of the molecule is Cn1ccc(Cn2nnc3cc(C(=O)O)ccc32)n1. The molecule has 0 aliphatic carbocycles. The normalized spacial score (nSPS) is 11.0. The summed E-state index contributed by atoms with van der Waals surface area (Å²) in [7, 11) is 1.85. The quantitative estimate of drug-likeness (QED) is 0.753. The lowest BCUT2D eigenvalue weighted by atomic mass is 10.2. The highest BCUT2D eigenvalue weighted by Gasteiger charge is 2.10. The Morgan fingerprint density at radius 1 is 1.37 bits per heavy atom. The Labute approximate surface area is 108 Å². The first-order valence-corrected chi connectivity index (χ1v) is 5.68. The Morgan fingerprint density at radius 2 is 2.21 bits per heavy atom. The van der Waals surface area contributed by atoms with E-state index in [9.17, 15) is 4.79 Å². The van der Waals surface area contributed by atoms with Gasteiger partial charge in [-0.05, 0) is 24.3 Å². The molecule has 0 radical (unpaired) electrons. The van der Waals surface area contributed by atoms with Crippen LogP contribution in [0.2, 0.25) is 0 Å². The Morgan fingerprint density at radius 3 is 2.89 bits per heavy atom. The third kappa shape index (κ3) is 2.05. The minimum absolute atomic E-state index is 0.206. The number of rotatable bonds is 3. The number of benzene rings is 1. The maximum atomic E-state index is 10.9. The summed E-state index contributed by atoms with van der Waals surface area (Å²) in [5, 5.41) is 21.2. The molecule has 2 heterocycles. The van der Waals surface area contributed by atoms with Crippen LogP contribution in [0, 0.1) is 0 Å². The van der Waals surface area contributed by atoms with Crippen LogP contribution in [0.25, 0.3) is 11.0 Å². The predicted octanol–water partition coefficient (Wildman–Crippen LogP) is 0.911. The third-order valence-electron chi connectivity index (χ3n) is 2.84. The van der Waals surface area contributed by atoms with Gasteiger partial charge in [0.05, 0.1) is 23.3 Å². The first-order valence-electron chi connectivity index (χ1n) is 5.68. The second-order valence-electron chi connectivity index (χ2n) is 4.24. The zero-order valence-corrected chi connectivity index (χ0v) is 10.2. The lowest BCUT2D eigenvalue weighted by Gasteiger charge is -1.99. The van der Waals surface area contributed by atoms with E-state index in [2.05, 4.69) is 15.4 Å². The van der Waals surface area contributed by atoms with Crippen molar-refractivity contribution in [2.24, 2.45) is 7.05 Å². The molecule has 1 N–H and O–H groups in total. The van der Waals surface area contributed by atoms with E-state index in [1.165, 1.54) is 6.07 Å². The molecule has 0 aliphatic rings. The van der Waals surface area contributed by atoms with E-state index in [4.69, 9.17) is 5.11 Å². The number of carboxylic acids is 1. The van der Waals surface area contributed by atoms with Gasteiger partial charge in [-0.1, -0.05) is 5.21 Å². The fraction of sp³-hybridized carbons (Fsp3) is 0.167. The van der Waals surface area contributed by atoms with E-state index >= 15 is 0 Å². The second-order valence-corrected chi connectivity index (χ2v) is 4.24. The molecule has 2 aromatic heterocycles. The van der Waals surface area contributed by atoms with E-state index in [1.54, 1.807) is 21.5 Å². The average Bonchev–Trinajstić information content (AvgIpc) is 2.96. The number of aromatic nitrogens is 5. The summed E-state index contributed by atoms with van der Waals surface area (Å²) in [5.74, 6) is -0.971. The molecule has 7 heteroatoms. The van der Waals surface area contributed by atoms with Crippen LogP contribution in [0.4, 0.5) is 0 Å². The third-order valence-corrected chi connectivity index (χ3v) is 2.84. The number of nitrogens with zero attached hydrogens (tertiary/aromatic N) is 5. The summed E-state index contributed by atoms with van der Waals surface area (Å²) in [6, 6.07) is 6.67. The van der Waals surface area contributed by atoms with Gasteiger partial charge in [0, 0.05) is 13.2 Å². The van der Waals surface area contributed by atoms with Crippen molar-refractivity contribution in [3.63, 3.8) is 0 Å². The van der Waals surface area contributed by atoms with E-state index in [-0.39, 0.29) is 5.56 Å². The van der Waals surface area contributed by atoms with Gasteiger partial charge in [-0.15, -0.1) is 5.10 Å². The summed E-state index contributed by atoms with van der Waals surface area (Å²) in [6.45, 7) is 0.504. The number of fused-ring (bicyclic) bond motifs is 1. The largest absolute Gasteiger partial charge is 0.478 e. The number of hydrogen-bond donors (Lipinski definition) is 1. The number of hydrogen-bond acceptors (Lipinski definition) is 4. The van der Waals surface area contributed by atoms with Crippen LogP contribution in [0.15, 0.2) is 30.5 Å². The molecule has 0 aliphatic heterocycles. The summed E-state index contributed by atoms with van der Waals surface area (Å²) < 4.78 is 3.42. The molecule has 3 aromatic rings. The van der Waals surface area contributed by atoms with Crippen LogP contribution < -0.4 is 0 Å². The molecule has 0 saturated carbocycles. The Balaban J connectivity index is 1.99. The van der Waals surface area contributed by atoms with E-state index < -0.39 is 5.97 Å². The van der Waals surface area contributed by atoms with Crippen molar-refractivity contribution in [1.29, 1.82) is 0 Å². The van der Waals surface area contributed by atoms with Gasteiger partial charge in [0.15, 0.2) is 0 Å². The molecule has 19 heavy (non-hydrogen) atoms. The fourth-order valence-electron chi connectivity index (χ4n) is 1.92. The van der Waals surface area contributed by atoms with Gasteiger partial charge in [-0.2, -0.15) is 5.10 Å². The Hall–Kier alpha value is -2.70. The minimum Gasteiger partial charge on any atom is -0.478 e. The zero-order valence-electron chi connectivity index (χ0n) is 10.2. The molecule has 0 bridgehead atoms. The minimum atomic E-state index is -0.971. The van der Waals surface area contributed by atoms with E-state index in [1.807, 2.05) is 19.3 Å². The maximum absolute atomic E-state index is 10.9. The van der Waals surface area contributed by atoms with Crippen molar-refractivity contribution < 1.29 is 9.90 Å². The molecule has 96 valence electrons. The van der Waals surface area contributed by atoms with Crippen LogP contribution in [0.1, 0.15) is 16.1 Å². The second kappa shape index (κ2) is 4.20. The highest BCUT2D eigenvalue weighted by molar-refractivity contribution is 5.92. The van der Waals surface area contributed by atoms with Gasteiger partial charge in [0.1, 0.15) is 5.52 Å². The number of carbonyl (C=O) groups is 1. The van der Waals surface area contributed by atoms with Gasteiger partial charge in [0.2, 0.25) is 0 Å². The van der Waals surface area contributed by atoms with Crippen molar-refractivity contribution in [3.05, 3.63) is 41.7 Å². The maximum Gasteiger partial charge on any atom is 0.335 e. The molecule has 3 rings (SSSR count). The fourth-order valence-corrected chi connectivity index (χ4v) is 1.92. The molecule has 0 atom stereocenters. The molecule has 0 amide bonds. The van der Waals surface area contributed by atoms with Gasteiger partial charge in [-0.25, -0.2) is 9.48 Å². The Bertz CT molecular complexity index is 758. The monoisotopic (exact) mass is 257 g/mol. The molecule has 0 unspecified atom stereocenters. The van der Waals surface area contributed by atoms with Gasteiger partial charge in [0.25, 0.3) is 0 Å². The van der Waals surface area contributed by atoms with Crippen LogP contribution in [0.3, 0.4) is 0 Å². The molecule has 1 aromatic carbocycles. The van der Waals surface area contributed by atoms with Crippen molar-refractivity contribution in [2.75, 3.05) is 0 Å². The van der Waals surface area contributed by atoms with Crippen LogP contribution in [-0.2, 0) is 13.6 Å². The topological polar surface area (TPSA) is 85.8 Å².